The Kier molecular flexibility index (Phi) is 4.60. The Bertz CT molecular complexity index is 666. The molecular weight excluding hydrogens is 284 g/mol. The smallest absolute Gasteiger partial charge is 0.315 e. The second-order valence-corrected chi connectivity index (χ2v) is 5.16. The first kappa shape index (κ1) is 15.8. The number of oxazole rings is 1. The molecule has 1 heterocycles. The number of nitrogens with one attached hydrogen (secondary N) is 1. The van der Waals surface area contributed by atoms with E-state index in [1.165, 1.54) is 6.39 Å². The Balaban J connectivity index is 2.17. The predicted octanol–water partition coefficient (Wildman–Crippen LogP) is 2.01. The minimum Gasteiger partial charge on any atom is -0.481 e. The van der Waals surface area contributed by atoms with Crippen molar-refractivity contribution >= 4 is 11.9 Å². The maximum Gasteiger partial charge on any atom is 0.315 e. The number of aliphatic carboxylic acids is 1. The molecule has 1 aromatic heterocycles. The van der Waals surface area contributed by atoms with Crippen molar-refractivity contribution in [1.82, 2.24) is 10.3 Å². The van der Waals surface area contributed by atoms with Crippen molar-refractivity contribution in [2.45, 2.75) is 25.7 Å². The van der Waals surface area contributed by atoms with E-state index >= 15 is 0 Å². The first-order chi connectivity index (χ1) is 10.5. The van der Waals surface area contributed by atoms with Crippen LogP contribution in [-0.4, -0.2) is 28.5 Å². The molecule has 0 radical (unpaired) electrons. The summed E-state index contributed by atoms with van der Waals surface area (Å²) in [6.45, 7) is 3.39. The van der Waals surface area contributed by atoms with Crippen molar-refractivity contribution in [3.63, 3.8) is 0 Å². The SMILES string of the molecule is CCc1ocnc1C(=O)NCC(C)(C(=O)O)c1ccccc1. The van der Waals surface area contributed by atoms with Gasteiger partial charge in [-0.3, -0.25) is 9.59 Å². The number of carboxylic acid groups (broad SMARTS) is 1. The van der Waals surface area contributed by atoms with Crippen LogP contribution in [0.25, 0.3) is 0 Å². The highest BCUT2D eigenvalue weighted by Gasteiger charge is 2.36. The van der Waals surface area contributed by atoms with E-state index in [4.69, 9.17) is 4.42 Å². The minimum atomic E-state index is -1.22. The second-order valence-electron chi connectivity index (χ2n) is 5.16. The summed E-state index contributed by atoms with van der Waals surface area (Å²) in [6, 6.07) is 8.81. The lowest BCUT2D eigenvalue weighted by molar-refractivity contribution is -0.142. The van der Waals surface area contributed by atoms with Gasteiger partial charge in [0.15, 0.2) is 12.1 Å². The van der Waals surface area contributed by atoms with Crippen molar-refractivity contribution in [3.05, 3.63) is 53.7 Å². The lowest BCUT2D eigenvalue weighted by atomic mass is 9.82. The molecule has 0 saturated heterocycles. The van der Waals surface area contributed by atoms with Crippen LogP contribution in [0.4, 0.5) is 0 Å². The molecule has 1 amide bonds. The number of carbonyl (C=O) groups excluding carboxylic acids is 1. The molecule has 0 saturated carbocycles. The fourth-order valence-corrected chi connectivity index (χ4v) is 2.15. The number of rotatable bonds is 6. The summed E-state index contributed by atoms with van der Waals surface area (Å²) in [5.74, 6) is -0.960. The van der Waals surface area contributed by atoms with Crippen LogP contribution in [0.2, 0.25) is 0 Å². The minimum absolute atomic E-state index is 0.0405. The van der Waals surface area contributed by atoms with E-state index in [-0.39, 0.29) is 12.2 Å². The van der Waals surface area contributed by atoms with E-state index in [0.29, 0.717) is 17.7 Å². The number of nitrogens with zero attached hydrogens (tertiary/aromatic N) is 1. The Hall–Kier alpha value is -2.63. The van der Waals surface area contributed by atoms with Crippen molar-refractivity contribution in [3.8, 4) is 0 Å². The van der Waals surface area contributed by atoms with E-state index in [9.17, 15) is 14.7 Å². The fourth-order valence-electron chi connectivity index (χ4n) is 2.15. The van der Waals surface area contributed by atoms with Crippen LogP contribution >= 0.6 is 0 Å². The average Bonchev–Trinajstić information content (AvgIpc) is 3.01. The van der Waals surface area contributed by atoms with Crippen molar-refractivity contribution in [1.29, 1.82) is 0 Å². The predicted molar refractivity (Wildman–Crippen MR) is 79.6 cm³/mol. The molecule has 1 atom stereocenters. The third-order valence-electron chi connectivity index (χ3n) is 3.66. The van der Waals surface area contributed by atoms with Gasteiger partial charge in [-0.15, -0.1) is 0 Å². The number of amides is 1. The Labute approximate surface area is 128 Å². The molecule has 0 bridgehead atoms. The number of aryl methyl sites for hydroxylation is 1. The van der Waals surface area contributed by atoms with Gasteiger partial charge in [0.25, 0.3) is 5.91 Å². The highest BCUT2D eigenvalue weighted by Crippen LogP contribution is 2.23. The maximum atomic E-state index is 12.2. The zero-order valence-corrected chi connectivity index (χ0v) is 12.5. The third-order valence-corrected chi connectivity index (χ3v) is 3.66. The summed E-state index contributed by atoms with van der Waals surface area (Å²) in [4.78, 5) is 27.7. The van der Waals surface area contributed by atoms with E-state index in [0.717, 1.165) is 0 Å². The van der Waals surface area contributed by atoms with Crippen LogP contribution in [-0.2, 0) is 16.6 Å². The van der Waals surface area contributed by atoms with E-state index in [1.807, 2.05) is 13.0 Å². The van der Waals surface area contributed by atoms with Gasteiger partial charge in [-0.25, -0.2) is 4.98 Å². The summed E-state index contributed by atoms with van der Waals surface area (Å²) in [6.07, 6.45) is 1.75. The van der Waals surface area contributed by atoms with Crippen LogP contribution < -0.4 is 5.32 Å². The molecule has 2 aromatic rings. The molecule has 116 valence electrons. The quantitative estimate of drug-likeness (QED) is 0.851. The Morgan fingerprint density at radius 3 is 2.59 bits per heavy atom. The highest BCUT2D eigenvalue weighted by molar-refractivity contribution is 5.94. The molecule has 2 N–H and O–H groups in total. The lowest BCUT2D eigenvalue weighted by Gasteiger charge is -2.25. The van der Waals surface area contributed by atoms with Gasteiger partial charge in [-0.2, -0.15) is 0 Å². The first-order valence-corrected chi connectivity index (χ1v) is 6.98. The largest absolute Gasteiger partial charge is 0.481 e. The molecule has 1 unspecified atom stereocenters. The van der Waals surface area contributed by atoms with E-state index < -0.39 is 17.3 Å². The van der Waals surface area contributed by atoms with Crippen molar-refractivity contribution in [2.75, 3.05) is 6.54 Å². The van der Waals surface area contributed by atoms with Crippen LogP contribution in [0, 0.1) is 0 Å². The third kappa shape index (κ3) is 3.00. The number of benzene rings is 1. The fraction of sp³-hybridized carbons (Fsp3) is 0.312. The van der Waals surface area contributed by atoms with Gasteiger partial charge in [0, 0.05) is 13.0 Å². The molecule has 0 spiro atoms. The molecule has 6 nitrogen and oxygen atoms in total. The molecular formula is C16H18N2O4. The lowest BCUT2D eigenvalue weighted by Crippen LogP contribution is -2.44. The summed E-state index contributed by atoms with van der Waals surface area (Å²) in [5.41, 5.74) is -0.394. The Morgan fingerprint density at radius 2 is 2.00 bits per heavy atom. The van der Waals surface area contributed by atoms with Crippen LogP contribution in [0.5, 0.6) is 0 Å². The van der Waals surface area contributed by atoms with Gasteiger partial charge >= 0.3 is 5.97 Å². The molecule has 0 aliphatic heterocycles. The summed E-state index contributed by atoms with van der Waals surface area (Å²) >= 11 is 0. The molecule has 0 aliphatic carbocycles. The van der Waals surface area contributed by atoms with Crippen molar-refractivity contribution < 1.29 is 19.1 Å². The first-order valence-electron chi connectivity index (χ1n) is 6.98. The van der Waals surface area contributed by atoms with Gasteiger partial charge < -0.3 is 14.8 Å². The molecule has 0 aliphatic rings. The topological polar surface area (TPSA) is 92.4 Å². The standard InChI is InChI=1S/C16H18N2O4/c1-3-12-13(18-10-22-12)14(19)17-9-16(2,15(20)21)11-7-5-4-6-8-11/h4-8,10H,3,9H2,1-2H3,(H,17,19)(H,20,21). The molecule has 1 aromatic carbocycles. The average molecular weight is 302 g/mol. The van der Waals surface area contributed by atoms with Gasteiger partial charge in [0.05, 0.1) is 0 Å². The van der Waals surface area contributed by atoms with Crippen LogP contribution in [0.3, 0.4) is 0 Å². The highest BCUT2D eigenvalue weighted by atomic mass is 16.4. The number of carboxylic acids is 1. The monoisotopic (exact) mass is 302 g/mol. The summed E-state index contributed by atoms with van der Waals surface area (Å²) in [5, 5.41) is 12.2. The number of hydrogen-bond donors (Lipinski definition) is 2. The van der Waals surface area contributed by atoms with Crippen molar-refractivity contribution in [2.24, 2.45) is 0 Å². The normalized spacial score (nSPS) is 13.4. The molecule has 0 fully saturated rings. The molecule has 2 rings (SSSR count). The maximum absolute atomic E-state index is 12.2. The molecule has 22 heavy (non-hydrogen) atoms. The molecule has 6 heteroatoms. The van der Waals surface area contributed by atoms with E-state index in [1.54, 1.807) is 31.2 Å². The number of aromatic nitrogens is 1. The summed E-state index contributed by atoms with van der Waals surface area (Å²) in [7, 11) is 0. The Morgan fingerprint density at radius 1 is 1.32 bits per heavy atom. The summed E-state index contributed by atoms with van der Waals surface area (Å²) < 4.78 is 5.11. The van der Waals surface area contributed by atoms with Gasteiger partial charge in [0.1, 0.15) is 11.2 Å². The van der Waals surface area contributed by atoms with Crippen LogP contribution in [0.15, 0.2) is 41.1 Å². The number of hydrogen-bond acceptors (Lipinski definition) is 4. The van der Waals surface area contributed by atoms with E-state index in [2.05, 4.69) is 10.3 Å². The zero-order valence-electron chi connectivity index (χ0n) is 12.5. The second kappa shape index (κ2) is 6.43. The van der Waals surface area contributed by atoms with Gasteiger partial charge in [-0.1, -0.05) is 37.3 Å². The zero-order chi connectivity index (χ0) is 16.2. The van der Waals surface area contributed by atoms with Crippen LogP contribution in [0.1, 0.15) is 35.7 Å². The number of carbonyl (C=O) groups is 2. The van der Waals surface area contributed by atoms with Gasteiger partial charge in [-0.05, 0) is 12.5 Å². The van der Waals surface area contributed by atoms with Gasteiger partial charge in [0.2, 0.25) is 0 Å².